The zero-order valence-corrected chi connectivity index (χ0v) is 15.2. The standard InChI is InChI=1S/C20H21NO6/c1-4-6-15-9-10-18(19(11-15)25-3)26-13-20(22)27-14(2)16-7-5-8-17(12-16)21(23)24/h4-5,7-12,14H,1,6,13H2,2-3H3/t14-/m0/s1. The van der Waals surface area contributed by atoms with E-state index in [4.69, 9.17) is 14.2 Å². The molecule has 2 aromatic rings. The number of nitro groups is 1. The predicted octanol–water partition coefficient (Wildman–Crippen LogP) is 4.02. The summed E-state index contributed by atoms with van der Waals surface area (Å²) in [4.78, 5) is 22.4. The first-order chi connectivity index (χ1) is 12.9. The molecule has 0 spiro atoms. The van der Waals surface area contributed by atoms with Gasteiger partial charge in [-0.1, -0.05) is 24.3 Å². The fraction of sp³-hybridized carbons (Fsp3) is 0.250. The molecule has 0 aliphatic heterocycles. The van der Waals surface area contributed by atoms with Crippen LogP contribution in [-0.4, -0.2) is 24.6 Å². The second kappa shape index (κ2) is 9.38. The zero-order valence-electron chi connectivity index (χ0n) is 15.2. The molecular weight excluding hydrogens is 350 g/mol. The van der Waals surface area contributed by atoms with Crippen LogP contribution in [0.2, 0.25) is 0 Å². The van der Waals surface area contributed by atoms with Crippen LogP contribution in [0.3, 0.4) is 0 Å². The second-order valence-corrected chi connectivity index (χ2v) is 5.75. The van der Waals surface area contributed by atoms with Gasteiger partial charge in [-0.3, -0.25) is 10.1 Å². The van der Waals surface area contributed by atoms with Gasteiger partial charge in [-0.2, -0.15) is 0 Å². The van der Waals surface area contributed by atoms with E-state index in [1.54, 1.807) is 31.2 Å². The lowest BCUT2D eigenvalue weighted by Gasteiger charge is -2.15. The third-order valence-corrected chi connectivity index (χ3v) is 3.81. The molecule has 7 heteroatoms. The van der Waals surface area contributed by atoms with E-state index in [1.165, 1.54) is 19.2 Å². The molecule has 27 heavy (non-hydrogen) atoms. The van der Waals surface area contributed by atoms with Crippen molar-refractivity contribution in [3.8, 4) is 11.5 Å². The molecule has 0 aliphatic rings. The summed E-state index contributed by atoms with van der Waals surface area (Å²) in [5, 5.41) is 10.8. The molecule has 0 saturated heterocycles. The third kappa shape index (κ3) is 5.57. The average Bonchev–Trinajstić information content (AvgIpc) is 2.67. The summed E-state index contributed by atoms with van der Waals surface area (Å²) in [5.74, 6) is 0.338. The number of esters is 1. The molecule has 0 fully saturated rings. The van der Waals surface area contributed by atoms with Gasteiger partial charge in [0.25, 0.3) is 5.69 Å². The molecule has 0 N–H and O–H groups in total. The van der Waals surface area contributed by atoms with Crippen molar-refractivity contribution in [2.75, 3.05) is 13.7 Å². The number of hydrogen-bond donors (Lipinski definition) is 0. The molecule has 0 aliphatic carbocycles. The van der Waals surface area contributed by atoms with Crippen LogP contribution in [0.25, 0.3) is 0 Å². The van der Waals surface area contributed by atoms with Gasteiger partial charge in [-0.05, 0) is 36.6 Å². The highest BCUT2D eigenvalue weighted by atomic mass is 16.6. The molecule has 0 saturated carbocycles. The van der Waals surface area contributed by atoms with Crippen LogP contribution in [0, 0.1) is 10.1 Å². The largest absolute Gasteiger partial charge is 0.493 e. The van der Waals surface area contributed by atoms with Gasteiger partial charge in [0.1, 0.15) is 6.10 Å². The monoisotopic (exact) mass is 371 g/mol. The Kier molecular flexibility index (Phi) is 6.93. The van der Waals surface area contributed by atoms with Crippen LogP contribution in [0.1, 0.15) is 24.2 Å². The van der Waals surface area contributed by atoms with E-state index in [0.29, 0.717) is 23.5 Å². The second-order valence-electron chi connectivity index (χ2n) is 5.75. The van der Waals surface area contributed by atoms with Crippen molar-refractivity contribution in [2.24, 2.45) is 0 Å². The van der Waals surface area contributed by atoms with Crippen LogP contribution in [-0.2, 0) is 16.0 Å². The van der Waals surface area contributed by atoms with E-state index in [2.05, 4.69) is 6.58 Å². The van der Waals surface area contributed by atoms with E-state index in [0.717, 1.165) is 5.56 Å². The Morgan fingerprint density at radius 2 is 2.04 bits per heavy atom. The number of nitro benzene ring substituents is 1. The number of ether oxygens (including phenoxy) is 3. The summed E-state index contributed by atoms with van der Waals surface area (Å²) in [5.41, 5.74) is 1.48. The van der Waals surface area contributed by atoms with Crippen molar-refractivity contribution in [2.45, 2.75) is 19.4 Å². The number of carbonyl (C=O) groups excluding carboxylic acids is 1. The Morgan fingerprint density at radius 1 is 1.26 bits per heavy atom. The first-order valence-electron chi connectivity index (χ1n) is 8.29. The van der Waals surface area contributed by atoms with Crippen molar-refractivity contribution in [1.29, 1.82) is 0 Å². The van der Waals surface area contributed by atoms with E-state index < -0.39 is 17.0 Å². The van der Waals surface area contributed by atoms with Crippen LogP contribution in [0.4, 0.5) is 5.69 Å². The molecule has 2 aromatic carbocycles. The minimum Gasteiger partial charge on any atom is -0.493 e. The number of methoxy groups -OCH3 is 1. The van der Waals surface area contributed by atoms with Gasteiger partial charge < -0.3 is 14.2 Å². The number of hydrogen-bond acceptors (Lipinski definition) is 6. The van der Waals surface area contributed by atoms with Gasteiger partial charge in [-0.15, -0.1) is 6.58 Å². The lowest BCUT2D eigenvalue weighted by Crippen LogP contribution is -2.17. The van der Waals surface area contributed by atoms with Gasteiger partial charge in [0, 0.05) is 12.1 Å². The number of nitrogens with zero attached hydrogens (tertiary/aromatic N) is 1. The van der Waals surface area contributed by atoms with Gasteiger partial charge in [0.15, 0.2) is 18.1 Å². The van der Waals surface area contributed by atoms with E-state index in [-0.39, 0.29) is 12.3 Å². The average molecular weight is 371 g/mol. The van der Waals surface area contributed by atoms with Crippen LogP contribution in [0.15, 0.2) is 55.1 Å². The molecule has 1 atom stereocenters. The lowest BCUT2D eigenvalue weighted by molar-refractivity contribution is -0.385. The summed E-state index contributed by atoms with van der Waals surface area (Å²) in [7, 11) is 1.52. The number of benzene rings is 2. The van der Waals surface area contributed by atoms with E-state index >= 15 is 0 Å². The highest BCUT2D eigenvalue weighted by Crippen LogP contribution is 2.28. The smallest absolute Gasteiger partial charge is 0.344 e. The summed E-state index contributed by atoms with van der Waals surface area (Å²) in [6.45, 7) is 5.02. The molecule has 0 radical (unpaired) electrons. The summed E-state index contributed by atoms with van der Waals surface area (Å²) in [6, 6.07) is 11.3. The molecule has 142 valence electrons. The Hall–Kier alpha value is -3.35. The Bertz CT molecular complexity index is 833. The first kappa shape index (κ1) is 20.0. The molecule has 7 nitrogen and oxygen atoms in total. The molecule has 0 aromatic heterocycles. The number of allylic oxidation sites excluding steroid dienone is 1. The topological polar surface area (TPSA) is 87.9 Å². The van der Waals surface area contributed by atoms with Crippen molar-refractivity contribution in [1.82, 2.24) is 0 Å². The van der Waals surface area contributed by atoms with Crippen molar-refractivity contribution in [3.63, 3.8) is 0 Å². The Labute approximate surface area is 157 Å². The fourth-order valence-corrected chi connectivity index (χ4v) is 2.45. The van der Waals surface area contributed by atoms with Crippen LogP contribution < -0.4 is 9.47 Å². The lowest BCUT2D eigenvalue weighted by atomic mass is 10.1. The molecule has 0 heterocycles. The van der Waals surface area contributed by atoms with Gasteiger partial charge in [0.2, 0.25) is 0 Å². The van der Waals surface area contributed by atoms with Gasteiger partial charge >= 0.3 is 5.97 Å². The van der Waals surface area contributed by atoms with Crippen LogP contribution in [0.5, 0.6) is 11.5 Å². The van der Waals surface area contributed by atoms with Crippen molar-refractivity contribution in [3.05, 3.63) is 76.4 Å². The molecule has 0 bridgehead atoms. The molecule has 0 unspecified atom stereocenters. The summed E-state index contributed by atoms with van der Waals surface area (Å²) in [6.07, 6.45) is 1.83. The number of carbonyl (C=O) groups is 1. The fourth-order valence-electron chi connectivity index (χ4n) is 2.45. The Morgan fingerprint density at radius 3 is 2.70 bits per heavy atom. The molecule has 0 amide bonds. The highest BCUT2D eigenvalue weighted by Gasteiger charge is 2.16. The number of non-ortho nitro benzene ring substituents is 1. The minimum absolute atomic E-state index is 0.0593. The minimum atomic E-state index is -0.641. The maximum Gasteiger partial charge on any atom is 0.344 e. The van der Waals surface area contributed by atoms with Gasteiger partial charge in [-0.25, -0.2) is 4.79 Å². The maximum atomic E-state index is 12.1. The molecule has 2 rings (SSSR count). The van der Waals surface area contributed by atoms with Crippen LogP contribution >= 0.6 is 0 Å². The van der Waals surface area contributed by atoms with E-state index in [9.17, 15) is 14.9 Å². The molecular formula is C20H21NO6. The third-order valence-electron chi connectivity index (χ3n) is 3.81. The van der Waals surface area contributed by atoms with Gasteiger partial charge in [0.05, 0.1) is 12.0 Å². The Balaban J connectivity index is 1.97. The van der Waals surface area contributed by atoms with Crippen molar-refractivity contribution < 1.29 is 23.9 Å². The SMILES string of the molecule is C=CCc1ccc(OCC(=O)O[C@@H](C)c2cccc([N+](=O)[O-])c2)c(OC)c1. The quantitative estimate of drug-likeness (QED) is 0.286. The van der Waals surface area contributed by atoms with E-state index in [1.807, 2.05) is 12.1 Å². The normalized spacial score (nSPS) is 11.3. The summed E-state index contributed by atoms with van der Waals surface area (Å²) >= 11 is 0. The first-order valence-corrected chi connectivity index (χ1v) is 8.29. The maximum absolute atomic E-state index is 12.1. The number of rotatable bonds is 9. The van der Waals surface area contributed by atoms with Crippen molar-refractivity contribution >= 4 is 11.7 Å². The zero-order chi connectivity index (χ0) is 19.8. The predicted molar refractivity (Wildman–Crippen MR) is 100.0 cm³/mol. The highest BCUT2D eigenvalue weighted by molar-refractivity contribution is 5.71. The summed E-state index contributed by atoms with van der Waals surface area (Å²) < 4.78 is 16.1.